The van der Waals surface area contributed by atoms with Crippen LogP contribution in [0.4, 0.5) is 9.18 Å². The molecule has 1 N–H and O–H groups in total. The lowest BCUT2D eigenvalue weighted by Crippen LogP contribution is -2.37. The Morgan fingerprint density at radius 1 is 1.32 bits per heavy atom. The lowest BCUT2D eigenvalue weighted by atomic mass is 10.1. The number of carbonyl (C=O) groups is 2. The summed E-state index contributed by atoms with van der Waals surface area (Å²) in [6.45, 7) is 2.26. The van der Waals surface area contributed by atoms with Gasteiger partial charge in [-0.2, -0.15) is 0 Å². The van der Waals surface area contributed by atoms with Crippen molar-refractivity contribution in [2.45, 2.75) is 19.9 Å². The first-order chi connectivity index (χ1) is 11.9. The van der Waals surface area contributed by atoms with E-state index in [1.165, 1.54) is 24.1 Å². The minimum Gasteiger partial charge on any atom is -0.465 e. The Morgan fingerprint density at radius 2 is 2.08 bits per heavy atom. The summed E-state index contributed by atoms with van der Waals surface area (Å²) in [7, 11) is 2.92. The number of rotatable bonds is 6. The van der Waals surface area contributed by atoms with Gasteiger partial charge in [-0.3, -0.25) is 0 Å². The van der Waals surface area contributed by atoms with Crippen LogP contribution in [-0.4, -0.2) is 37.6 Å². The topological polar surface area (TPSA) is 71.8 Å². The molecule has 1 aromatic heterocycles. The largest absolute Gasteiger partial charge is 0.465 e. The summed E-state index contributed by atoms with van der Waals surface area (Å²) >= 11 is 0. The number of furan rings is 1. The SMILES string of the molecule is COC(=O)c1cc(CN(C)C(=O)NCCc2cccc(F)c2)oc1C. The van der Waals surface area contributed by atoms with Crippen molar-refractivity contribution in [2.75, 3.05) is 20.7 Å². The number of urea groups is 1. The van der Waals surface area contributed by atoms with Crippen molar-refractivity contribution in [1.29, 1.82) is 0 Å². The van der Waals surface area contributed by atoms with Crippen LogP contribution in [0.3, 0.4) is 0 Å². The third-order valence-corrected chi connectivity index (χ3v) is 3.69. The fourth-order valence-electron chi connectivity index (χ4n) is 2.38. The first-order valence-corrected chi connectivity index (χ1v) is 7.81. The van der Waals surface area contributed by atoms with Gasteiger partial charge < -0.3 is 19.4 Å². The van der Waals surface area contributed by atoms with Gasteiger partial charge in [-0.25, -0.2) is 14.0 Å². The van der Waals surface area contributed by atoms with Crippen molar-refractivity contribution >= 4 is 12.0 Å². The lowest BCUT2D eigenvalue weighted by molar-refractivity contribution is 0.0598. The van der Waals surface area contributed by atoms with Gasteiger partial charge in [0.25, 0.3) is 0 Å². The Labute approximate surface area is 145 Å². The molecule has 0 bridgehead atoms. The fourth-order valence-corrected chi connectivity index (χ4v) is 2.38. The smallest absolute Gasteiger partial charge is 0.341 e. The summed E-state index contributed by atoms with van der Waals surface area (Å²) < 4.78 is 23.3. The highest BCUT2D eigenvalue weighted by molar-refractivity contribution is 5.90. The van der Waals surface area contributed by atoms with Crippen LogP contribution in [0, 0.1) is 12.7 Å². The standard InChI is InChI=1S/C18H21FN2O4/c1-12-16(17(22)24-3)10-15(25-12)11-21(2)18(23)20-8-7-13-5-4-6-14(19)9-13/h4-6,9-10H,7-8,11H2,1-3H3,(H,20,23). The fraction of sp³-hybridized carbons (Fsp3) is 0.333. The molecule has 0 aliphatic heterocycles. The van der Waals surface area contributed by atoms with Crippen molar-refractivity contribution in [1.82, 2.24) is 10.2 Å². The summed E-state index contributed by atoms with van der Waals surface area (Å²) in [4.78, 5) is 25.1. The molecule has 0 unspecified atom stereocenters. The van der Waals surface area contributed by atoms with Crippen LogP contribution in [-0.2, 0) is 17.7 Å². The molecule has 2 rings (SSSR count). The molecule has 134 valence electrons. The molecule has 0 radical (unpaired) electrons. The molecule has 1 heterocycles. The molecule has 0 aliphatic carbocycles. The number of aryl methyl sites for hydroxylation is 1. The van der Waals surface area contributed by atoms with E-state index in [1.807, 2.05) is 0 Å². The van der Waals surface area contributed by atoms with Gasteiger partial charge >= 0.3 is 12.0 Å². The first-order valence-electron chi connectivity index (χ1n) is 7.81. The predicted molar refractivity (Wildman–Crippen MR) is 89.8 cm³/mol. The maximum Gasteiger partial charge on any atom is 0.341 e. The number of benzene rings is 1. The second-order valence-corrected chi connectivity index (χ2v) is 5.64. The van der Waals surface area contributed by atoms with Gasteiger partial charge in [0.2, 0.25) is 0 Å². The molecule has 7 heteroatoms. The maximum absolute atomic E-state index is 13.1. The zero-order valence-corrected chi connectivity index (χ0v) is 14.5. The molecule has 0 aliphatic rings. The number of nitrogens with zero attached hydrogens (tertiary/aromatic N) is 1. The number of nitrogens with one attached hydrogen (secondary N) is 1. The molecular formula is C18H21FN2O4. The normalized spacial score (nSPS) is 10.4. The van der Waals surface area contributed by atoms with Crippen LogP contribution < -0.4 is 5.32 Å². The summed E-state index contributed by atoms with van der Waals surface area (Å²) in [5.74, 6) is 0.160. The van der Waals surface area contributed by atoms with Gasteiger partial charge in [0.1, 0.15) is 22.9 Å². The summed E-state index contributed by atoms with van der Waals surface area (Å²) in [6, 6.07) is 7.54. The van der Waals surface area contributed by atoms with Crippen LogP contribution in [0.1, 0.15) is 27.4 Å². The summed E-state index contributed by atoms with van der Waals surface area (Å²) in [6.07, 6.45) is 0.531. The monoisotopic (exact) mass is 348 g/mol. The highest BCUT2D eigenvalue weighted by atomic mass is 19.1. The van der Waals surface area contributed by atoms with E-state index in [0.29, 0.717) is 30.0 Å². The first kappa shape index (κ1) is 18.5. The van der Waals surface area contributed by atoms with Crippen LogP contribution >= 0.6 is 0 Å². The maximum atomic E-state index is 13.1. The third-order valence-electron chi connectivity index (χ3n) is 3.69. The van der Waals surface area contributed by atoms with Gasteiger partial charge in [0.15, 0.2) is 0 Å². The van der Waals surface area contributed by atoms with Crippen molar-refractivity contribution in [3.8, 4) is 0 Å². The Kier molecular flexibility index (Phi) is 6.16. The predicted octanol–water partition coefficient (Wildman–Crippen LogP) is 2.90. The average molecular weight is 348 g/mol. The zero-order valence-electron chi connectivity index (χ0n) is 14.5. The second kappa shape index (κ2) is 8.32. The van der Waals surface area contributed by atoms with Gasteiger partial charge in [0, 0.05) is 13.6 Å². The molecule has 0 saturated carbocycles. The van der Waals surface area contributed by atoms with Crippen molar-refractivity contribution in [3.63, 3.8) is 0 Å². The van der Waals surface area contributed by atoms with E-state index in [1.54, 1.807) is 32.2 Å². The van der Waals surface area contributed by atoms with E-state index in [-0.39, 0.29) is 18.4 Å². The molecule has 25 heavy (non-hydrogen) atoms. The number of hydrogen-bond donors (Lipinski definition) is 1. The number of ether oxygens (including phenoxy) is 1. The number of halogens is 1. The van der Waals surface area contributed by atoms with Crippen LogP contribution in [0.5, 0.6) is 0 Å². The molecule has 2 aromatic rings. The average Bonchev–Trinajstić information content (AvgIpc) is 2.94. The zero-order chi connectivity index (χ0) is 18.4. The molecule has 0 saturated heterocycles. The molecule has 0 spiro atoms. The van der Waals surface area contributed by atoms with E-state index in [0.717, 1.165) is 5.56 Å². The number of hydrogen-bond acceptors (Lipinski definition) is 4. The molecular weight excluding hydrogens is 327 g/mol. The van der Waals surface area contributed by atoms with E-state index >= 15 is 0 Å². The second-order valence-electron chi connectivity index (χ2n) is 5.64. The highest BCUT2D eigenvalue weighted by Gasteiger charge is 2.17. The van der Waals surface area contributed by atoms with Gasteiger partial charge in [-0.1, -0.05) is 12.1 Å². The molecule has 2 amide bonds. The van der Waals surface area contributed by atoms with Crippen LogP contribution in [0.25, 0.3) is 0 Å². The van der Waals surface area contributed by atoms with Crippen LogP contribution in [0.15, 0.2) is 34.7 Å². The van der Waals surface area contributed by atoms with Crippen molar-refractivity contribution in [3.05, 3.63) is 58.8 Å². The third kappa shape index (κ3) is 5.07. The van der Waals surface area contributed by atoms with Crippen molar-refractivity contribution < 1.29 is 23.1 Å². The number of methoxy groups -OCH3 is 1. The van der Waals surface area contributed by atoms with E-state index in [9.17, 15) is 14.0 Å². The van der Waals surface area contributed by atoms with Gasteiger partial charge in [-0.05, 0) is 37.1 Å². The summed E-state index contributed by atoms with van der Waals surface area (Å²) in [5.41, 5.74) is 1.16. The number of amides is 2. The highest BCUT2D eigenvalue weighted by Crippen LogP contribution is 2.17. The van der Waals surface area contributed by atoms with E-state index in [2.05, 4.69) is 10.1 Å². The molecule has 0 fully saturated rings. The van der Waals surface area contributed by atoms with Crippen molar-refractivity contribution in [2.24, 2.45) is 0 Å². The van der Waals surface area contributed by atoms with E-state index in [4.69, 9.17) is 4.42 Å². The van der Waals surface area contributed by atoms with Crippen LogP contribution in [0.2, 0.25) is 0 Å². The van der Waals surface area contributed by atoms with Gasteiger partial charge in [0.05, 0.1) is 13.7 Å². The Morgan fingerprint density at radius 3 is 2.76 bits per heavy atom. The summed E-state index contributed by atoms with van der Waals surface area (Å²) in [5, 5.41) is 2.76. The minimum absolute atomic E-state index is 0.212. The Bertz CT molecular complexity index is 757. The molecule has 6 nitrogen and oxygen atoms in total. The molecule has 1 aromatic carbocycles. The Hall–Kier alpha value is -2.83. The Balaban J connectivity index is 1.85. The quantitative estimate of drug-likeness (QED) is 0.815. The number of carbonyl (C=O) groups excluding carboxylic acids is 2. The van der Waals surface area contributed by atoms with Gasteiger partial charge in [-0.15, -0.1) is 0 Å². The van der Waals surface area contributed by atoms with E-state index < -0.39 is 5.97 Å². The lowest BCUT2D eigenvalue weighted by Gasteiger charge is -2.16. The molecule has 0 atom stereocenters. The number of esters is 1. The minimum atomic E-state index is -0.477.